The third-order valence-corrected chi connectivity index (χ3v) is 17.3. The Morgan fingerprint density at radius 2 is 0.315 bits per heavy atom. The van der Waals surface area contributed by atoms with E-state index in [0.29, 0.717) is 0 Å². The monoisotopic (exact) mass is 1350 g/mol. The van der Waals surface area contributed by atoms with Gasteiger partial charge < -0.3 is 198 Å². The number of hydrogen-bond donors (Lipinski definition) is 24. The van der Waals surface area contributed by atoms with Gasteiger partial charge in [-0.25, -0.2) is 0 Å². The van der Waals surface area contributed by atoms with Crippen molar-refractivity contribution in [3.05, 3.63) is 0 Å². The van der Waals surface area contributed by atoms with Crippen LogP contribution in [0, 0.1) is 0 Å². The van der Waals surface area contributed by atoms with Crippen molar-refractivity contribution in [2.45, 2.75) is 258 Å². The van der Waals surface area contributed by atoms with Gasteiger partial charge in [0.15, 0.2) is 50.3 Å². The minimum absolute atomic E-state index is 1.12. The Balaban J connectivity index is 0.997. The number of aliphatic carboxylic acids is 2. The van der Waals surface area contributed by atoms with Gasteiger partial charge in [0, 0.05) is 0 Å². The molecule has 0 aliphatic carbocycles. The van der Waals surface area contributed by atoms with Crippen LogP contribution in [0.15, 0.2) is 0 Å². The Labute approximate surface area is 517 Å². The molecule has 30 heterocycles. The smallest absolute Gasteiger partial charge is 0.306 e. The summed E-state index contributed by atoms with van der Waals surface area (Å²) in [6, 6.07) is 0. The number of carboxylic acids is 2. The van der Waals surface area contributed by atoms with Crippen LogP contribution in [-0.2, 0) is 85.4 Å². The molecule has 0 saturated carbocycles. The predicted octanol–water partition coefficient (Wildman–Crippen LogP) is -16.4. The van der Waals surface area contributed by atoms with Gasteiger partial charge in [0.1, 0.15) is 195 Å². The van der Waals surface area contributed by atoms with Gasteiger partial charge in [0.05, 0.1) is 52.5 Å². The van der Waals surface area contributed by atoms with E-state index in [9.17, 15) is 132 Å². The number of carbonyl (C=O) groups is 2. The maximum atomic E-state index is 12.2. The van der Waals surface area contributed by atoms with E-state index in [1.807, 2.05) is 0 Å². The average molecular weight is 1350 g/mol. The third kappa shape index (κ3) is 14.9. The van der Waals surface area contributed by atoms with Crippen molar-refractivity contribution in [3.63, 3.8) is 0 Å². The molecule has 0 spiro atoms. The first-order chi connectivity index (χ1) is 43.6. The van der Waals surface area contributed by atoms with Gasteiger partial charge in [-0.1, -0.05) is 0 Å². The van der Waals surface area contributed by atoms with Crippen molar-refractivity contribution in [3.8, 4) is 0 Å². The van der Waals surface area contributed by atoms with E-state index in [2.05, 4.69) is 0 Å². The number of carboxylic acid groups (broad SMARTS) is 2. The summed E-state index contributed by atoms with van der Waals surface area (Å²) < 4.78 is 91.0. The van der Waals surface area contributed by atoms with Crippen LogP contribution in [0.5, 0.6) is 0 Å². The maximum Gasteiger partial charge on any atom is 0.306 e. The van der Waals surface area contributed by atoms with Gasteiger partial charge in [-0.15, -0.1) is 0 Å². The van der Waals surface area contributed by atoms with Crippen molar-refractivity contribution >= 4 is 11.9 Å². The molecule has 42 nitrogen and oxygen atoms in total. The summed E-state index contributed by atoms with van der Waals surface area (Å²) in [5.74, 6) is -3.31. The fourth-order valence-corrected chi connectivity index (χ4v) is 12.3. The minimum Gasteiger partial charge on any atom is -0.481 e. The van der Waals surface area contributed by atoms with Crippen LogP contribution in [0.2, 0.25) is 0 Å². The first-order valence-corrected chi connectivity index (χ1v) is 29.1. The Kier molecular flexibility index (Phi) is 24.9. The zero-order valence-electron chi connectivity index (χ0n) is 47.8. The van der Waals surface area contributed by atoms with Crippen molar-refractivity contribution in [1.82, 2.24) is 0 Å². The number of aliphatic hydroxyl groups excluding tert-OH is 22. The molecule has 30 saturated heterocycles. The van der Waals surface area contributed by atoms with E-state index in [4.69, 9.17) is 75.8 Å². The molecule has 16 bridgehead atoms. The van der Waals surface area contributed by atoms with E-state index in [0.717, 1.165) is 0 Å². The molecular formula is C50H80O42. The summed E-state index contributed by atoms with van der Waals surface area (Å²) in [7, 11) is 0. The normalized spacial score (nSPS) is 53.4. The second-order valence-corrected chi connectivity index (χ2v) is 23.3. The molecule has 0 amide bonds. The molecule has 0 unspecified atom stereocenters. The highest BCUT2D eigenvalue weighted by Gasteiger charge is 2.60. The van der Waals surface area contributed by atoms with Crippen LogP contribution in [0.3, 0.4) is 0 Å². The molecule has 30 aliphatic heterocycles. The van der Waals surface area contributed by atoms with E-state index in [-0.39, 0.29) is 0 Å². The van der Waals surface area contributed by atoms with E-state index < -0.39 is 310 Å². The lowest BCUT2D eigenvalue weighted by Gasteiger charge is -2.50. The van der Waals surface area contributed by atoms with E-state index in [1.165, 1.54) is 0 Å². The first kappa shape index (κ1) is 73.7. The SMILES string of the molecule is O=C(O)C[C@H]1O[C@@H]2O[C@H]3[C@H](O)[C@@H](O)[C@@H](O[C@H]4[C@H](O)[C@@H](O)[C@@H](O[C@H]5[C@H](O)[C@@H](O)[C@@H](O[C@H]6[C@H](O)[C@@H](O)[C@@H](O[C@H]7[C@H](O)[C@@H](O)[C@@H](O[C@H]8[C@H](O)[C@@H](O)[C@@H](O[C@H]9[C@H](O)[C@@H](O)[C@@H](O[C@H]1[C@H](O)[C@H]2O)O[C@@H]9CO)O[C@@H]8CO)O[C@@H]7CO)O[C@@H]6CC(=O)O)O[C@@H]5CO)O[C@@H]4CO)O[C@@H]3CO. The highest BCUT2D eigenvalue weighted by molar-refractivity contribution is 5.67. The van der Waals surface area contributed by atoms with Gasteiger partial charge in [-0.3, -0.25) is 9.59 Å². The van der Waals surface area contributed by atoms with Crippen LogP contribution in [0.1, 0.15) is 12.8 Å². The molecule has 532 valence electrons. The summed E-state index contributed by atoms with van der Waals surface area (Å²) in [6.07, 6.45) is -87.6. The van der Waals surface area contributed by atoms with E-state index in [1.54, 1.807) is 0 Å². The molecular weight excluding hydrogens is 1270 g/mol. The number of aliphatic hydroxyl groups is 22. The molecule has 30 fully saturated rings. The Morgan fingerprint density at radius 3 is 0.435 bits per heavy atom. The van der Waals surface area contributed by atoms with Gasteiger partial charge in [-0.05, 0) is 0 Å². The number of hydrogen-bond acceptors (Lipinski definition) is 40. The predicted molar refractivity (Wildman–Crippen MR) is 271 cm³/mol. The molecule has 92 heavy (non-hydrogen) atoms. The highest BCUT2D eigenvalue weighted by Crippen LogP contribution is 2.40. The molecule has 42 heteroatoms. The zero-order chi connectivity index (χ0) is 67.2. The molecule has 24 N–H and O–H groups in total. The van der Waals surface area contributed by atoms with Crippen LogP contribution in [0.25, 0.3) is 0 Å². The molecule has 0 aromatic carbocycles. The molecule has 0 radical (unpaired) electrons. The molecule has 0 aromatic rings. The molecule has 0 aromatic heterocycles. The lowest BCUT2D eigenvalue weighted by Crippen LogP contribution is -2.69. The highest BCUT2D eigenvalue weighted by atomic mass is 16.8. The second kappa shape index (κ2) is 31.1. The fraction of sp³-hybridized carbons (Fsp3) is 0.960. The number of rotatable bonds is 10. The Hall–Kier alpha value is -2.58. The van der Waals surface area contributed by atoms with Crippen LogP contribution in [-0.4, -0.2) is 420 Å². The van der Waals surface area contributed by atoms with Crippen molar-refractivity contribution in [1.29, 1.82) is 0 Å². The van der Waals surface area contributed by atoms with E-state index >= 15 is 0 Å². The van der Waals surface area contributed by atoms with Crippen molar-refractivity contribution < 1.29 is 208 Å². The van der Waals surface area contributed by atoms with Gasteiger partial charge in [-0.2, -0.15) is 0 Å². The maximum absolute atomic E-state index is 12.2. The van der Waals surface area contributed by atoms with Crippen LogP contribution < -0.4 is 0 Å². The zero-order valence-corrected chi connectivity index (χ0v) is 47.8. The summed E-state index contributed by atoms with van der Waals surface area (Å²) >= 11 is 0. The van der Waals surface area contributed by atoms with Crippen molar-refractivity contribution in [2.75, 3.05) is 39.6 Å². The summed E-state index contributed by atoms with van der Waals surface area (Å²) in [5, 5.41) is 265. The van der Waals surface area contributed by atoms with Crippen molar-refractivity contribution in [2.24, 2.45) is 0 Å². The van der Waals surface area contributed by atoms with Crippen LogP contribution in [0.4, 0.5) is 0 Å². The quantitative estimate of drug-likeness (QED) is 0.0966. The summed E-state index contributed by atoms with van der Waals surface area (Å²) in [6.45, 7) is -6.81. The topological polar surface area (TPSA) is 667 Å². The first-order valence-electron chi connectivity index (χ1n) is 29.1. The Morgan fingerprint density at radius 1 is 0.196 bits per heavy atom. The van der Waals surface area contributed by atoms with Gasteiger partial charge in [0.2, 0.25) is 0 Å². The van der Waals surface area contributed by atoms with Crippen LogP contribution >= 0.6 is 0 Å². The largest absolute Gasteiger partial charge is 0.481 e. The standard InChI is InChI=1S/C50H80O42/c51-3-11-37-23(65)31(73)47(81-11)91-41-15(7-55)84-50(34(76)26(41)68)90-40-14(6-54)80-46(30(72)22(40)64)86-36-10(2-18(59)60)78-44(28(70)20(36)62)88-38-12(4-52)82-48(32(74)24(38)66)92-42-16(8-56)83-49(33(75)25(42)67)89-39-13(5-53)79-45(29(71)21(39)63)85-35-9(1-17(57)58)77-43(87-37)27(69)19(35)61/h9-16,19-56,61-76H,1-8H2,(H,57,58)(H,59,60)/t9-,10-,11-,12-,13-,14-,15-,16-,19-,20-,21-,22-,23-,24-,25-,26-,27-,28-,29-,30-,31-,32-,33-,34-,35-,36-,37-,38-,39-,40-,41-,42-,43-,44-,45-,46-,47-,48-,49-,50-/m1/s1. The van der Waals surface area contributed by atoms with Gasteiger partial charge in [0.25, 0.3) is 0 Å². The second-order valence-electron chi connectivity index (χ2n) is 23.3. The summed E-state index contributed by atoms with van der Waals surface area (Å²) in [5.41, 5.74) is 0. The average Bonchev–Trinajstić information content (AvgIpc) is 0.790. The molecule has 30 aliphatic rings. The fourth-order valence-electron chi connectivity index (χ4n) is 12.3. The Bertz CT molecular complexity index is 2180. The lowest BCUT2D eigenvalue weighted by atomic mass is 9.94. The van der Waals surface area contributed by atoms with Gasteiger partial charge >= 0.3 is 11.9 Å². The summed E-state index contributed by atoms with van der Waals surface area (Å²) in [4.78, 5) is 24.4. The third-order valence-electron chi connectivity index (χ3n) is 17.3. The number of ether oxygens (including phenoxy) is 16. The minimum atomic E-state index is -2.35. The lowest BCUT2D eigenvalue weighted by molar-refractivity contribution is -0.403. The molecule has 40 atom stereocenters. The molecule has 30 rings (SSSR count).